The van der Waals surface area contributed by atoms with E-state index < -0.39 is 15.8 Å². The smallest absolute Gasteiger partial charge is 0.313 e. The number of nitrogen functional groups attached to an aromatic ring is 1. The lowest BCUT2D eigenvalue weighted by Gasteiger charge is -2.14. The summed E-state index contributed by atoms with van der Waals surface area (Å²) in [7, 11) is -3.42. The lowest BCUT2D eigenvalue weighted by molar-refractivity contribution is -0.146. The van der Waals surface area contributed by atoms with Gasteiger partial charge in [0.25, 0.3) is 0 Å². The highest BCUT2D eigenvalue weighted by Crippen LogP contribution is 2.24. The fourth-order valence-electron chi connectivity index (χ4n) is 2.19. The number of benzene rings is 2. The molecule has 2 N–H and O–H groups in total. The van der Waals surface area contributed by atoms with Crippen LogP contribution >= 0.6 is 12.4 Å². The number of ether oxygens (including phenoxy) is 1. The van der Waals surface area contributed by atoms with E-state index >= 15 is 0 Å². The number of hydrogen-bond donors (Lipinski definition) is 1. The molecular weight excluding hydrogens is 350 g/mol. The monoisotopic (exact) mass is 369 g/mol. The second-order valence-electron chi connectivity index (χ2n) is 5.34. The second-order valence-corrected chi connectivity index (χ2v) is 7.33. The summed E-state index contributed by atoms with van der Waals surface area (Å²) in [5, 5.41) is 0. The van der Waals surface area contributed by atoms with Gasteiger partial charge < -0.3 is 10.5 Å². The third-order valence-corrected chi connectivity index (χ3v) is 4.73. The number of esters is 1. The molecule has 1 atom stereocenters. The fraction of sp³-hybridized carbons (Fsp3) is 0.235. The molecule has 0 saturated carbocycles. The van der Waals surface area contributed by atoms with Gasteiger partial charge in [-0.1, -0.05) is 42.5 Å². The quantitative estimate of drug-likeness (QED) is 0.646. The zero-order chi connectivity index (χ0) is 17.0. The molecule has 0 amide bonds. The molecule has 0 bridgehead atoms. The highest BCUT2D eigenvalue weighted by Gasteiger charge is 2.18. The standard InChI is InChI=1S/C17H19NO4S.ClH/c1-12(13-7-4-3-5-8-13)17(19)22-11-14-9-6-10-15(16(14)18)23(2,20)21;/h3-10,12H,11,18H2,1-2H3;1H/t12-;/m0./s1. The van der Waals surface area contributed by atoms with Crippen molar-refractivity contribution >= 4 is 33.9 Å². The van der Waals surface area contributed by atoms with E-state index in [1.807, 2.05) is 30.3 Å². The summed E-state index contributed by atoms with van der Waals surface area (Å²) in [5.74, 6) is -0.795. The lowest BCUT2D eigenvalue weighted by atomic mass is 10.0. The van der Waals surface area contributed by atoms with E-state index in [-0.39, 0.29) is 35.6 Å². The molecule has 0 fully saturated rings. The second kappa shape index (κ2) is 8.17. The van der Waals surface area contributed by atoms with Crippen molar-refractivity contribution in [1.29, 1.82) is 0 Å². The van der Waals surface area contributed by atoms with Crippen LogP contribution in [0.3, 0.4) is 0 Å². The molecule has 24 heavy (non-hydrogen) atoms. The van der Waals surface area contributed by atoms with Crippen LogP contribution in [-0.4, -0.2) is 20.6 Å². The van der Waals surface area contributed by atoms with Crippen molar-refractivity contribution in [3.05, 3.63) is 59.7 Å². The van der Waals surface area contributed by atoms with Crippen LogP contribution in [0.25, 0.3) is 0 Å². The Balaban J connectivity index is 0.00000288. The van der Waals surface area contributed by atoms with E-state index in [0.717, 1.165) is 11.8 Å². The van der Waals surface area contributed by atoms with Crippen LogP contribution in [0.1, 0.15) is 24.0 Å². The van der Waals surface area contributed by atoms with E-state index in [1.165, 1.54) is 6.07 Å². The van der Waals surface area contributed by atoms with Crippen LogP contribution < -0.4 is 5.73 Å². The largest absolute Gasteiger partial charge is 0.460 e. The van der Waals surface area contributed by atoms with Crippen LogP contribution in [0.5, 0.6) is 0 Å². The Kier molecular flexibility index (Phi) is 6.81. The summed E-state index contributed by atoms with van der Waals surface area (Å²) in [6, 6.07) is 13.9. The predicted molar refractivity (Wildman–Crippen MR) is 95.9 cm³/mol. The zero-order valence-electron chi connectivity index (χ0n) is 13.4. The van der Waals surface area contributed by atoms with E-state index in [1.54, 1.807) is 19.1 Å². The first kappa shape index (κ1) is 20.0. The molecule has 0 aliphatic carbocycles. The Hall–Kier alpha value is -2.05. The lowest BCUT2D eigenvalue weighted by Crippen LogP contribution is -2.14. The van der Waals surface area contributed by atoms with Crippen molar-refractivity contribution in [2.24, 2.45) is 0 Å². The number of carbonyl (C=O) groups is 1. The van der Waals surface area contributed by atoms with Gasteiger partial charge in [-0.15, -0.1) is 12.4 Å². The van der Waals surface area contributed by atoms with Crippen molar-refractivity contribution in [1.82, 2.24) is 0 Å². The van der Waals surface area contributed by atoms with Crippen LogP contribution in [0.15, 0.2) is 53.4 Å². The summed E-state index contributed by atoms with van der Waals surface area (Å²) < 4.78 is 28.6. The number of carbonyl (C=O) groups excluding carboxylic acids is 1. The summed E-state index contributed by atoms with van der Waals surface area (Å²) >= 11 is 0. The summed E-state index contributed by atoms with van der Waals surface area (Å²) in [4.78, 5) is 12.2. The molecule has 0 heterocycles. The molecule has 2 rings (SSSR count). The molecule has 130 valence electrons. The Bertz CT molecular complexity index is 807. The third-order valence-electron chi connectivity index (χ3n) is 3.58. The number of anilines is 1. The normalized spacial score (nSPS) is 12.1. The highest BCUT2D eigenvalue weighted by molar-refractivity contribution is 7.90. The van der Waals surface area contributed by atoms with Gasteiger partial charge in [-0.2, -0.15) is 0 Å². The van der Waals surface area contributed by atoms with Gasteiger partial charge in [-0.25, -0.2) is 8.42 Å². The molecule has 0 aliphatic rings. The van der Waals surface area contributed by atoms with Crippen molar-refractivity contribution in [3.8, 4) is 0 Å². The number of halogens is 1. The van der Waals surface area contributed by atoms with Crippen molar-refractivity contribution < 1.29 is 17.9 Å². The zero-order valence-corrected chi connectivity index (χ0v) is 15.1. The first-order chi connectivity index (χ1) is 10.8. The number of rotatable bonds is 5. The summed E-state index contributed by atoms with van der Waals surface area (Å²) in [6.45, 7) is 1.69. The summed E-state index contributed by atoms with van der Waals surface area (Å²) in [6.07, 6.45) is 1.09. The van der Waals surface area contributed by atoms with Crippen LogP contribution in [-0.2, 0) is 26.0 Å². The van der Waals surface area contributed by atoms with Crippen LogP contribution in [0.2, 0.25) is 0 Å². The maximum absolute atomic E-state index is 12.1. The molecule has 0 radical (unpaired) electrons. The minimum absolute atomic E-state index is 0. The molecule has 5 nitrogen and oxygen atoms in total. The molecule has 0 unspecified atom stereocenters. The number of nitrogens with two attached hydrogens (primary N) is 1. The van der Waals surface area contributed by atoms with Crippen molar-refractivity contribution in [2.75, 3.05) is 12.0 Å². The van der Waals surface area contributed by atoms with E-state index in [9.17, 15) is 13.2 Å². The average Bonchev–Trinajstić information content (AvgIpc) is 2.52. The van der Waals surface area contributed by atoms with Gasteiger partial charge in [-0.05, 0) is 18.6 Å². The minimum atomic E-state index is -3.42. The molecule has 2 aromatic rings. The fourth-order valence-corrected chi connectivity index (χ4v) is 3.05. The van der Waals surface area contributed by atoms with Gasteiger partial charge in [0.2, 0.25) is 0 Å². The van der Waals surface area contributed by atoms with Crippen molar-refractivity contribution in [3.63, 3.8) is 0 Å². The van der Waals surface area contributed by atoms with E-state index in [0.29, 0.717) is 5.56 Å². The van der Waals surface area contributed by atoms with Crippen LogP contribution in [0, 0.1) is 0 Å². The van der Waals surface area contributed by atoms with Gasteiger partial charge >= 0.3 is 5.97 Å². The minimum Gasteiger partial charge on any atom is -0.460 e. The number of hydrogen-bond acceptors (Lipinski definition) is 5. The Morgan fingerprint density at radius 1 is 1.12 bits per heavy atom. The molecule has 0 aromatic heterocycles. The number of sulfone groups is 1. The van der Waals surface area contributed by atoms with Gasteiger partial charge in [0.1, 0.15) is 6.61 Å². The van der Waals surface area contributed by atoms with Gasteiger partial charge in [-0.3, -0.25) is 4.79 Å². The average molecular weight is 370 g/mol. The topological polar surface area (TPSA) is 86.5 Å². The highest BCUT2D eigenvalue weighted by atomic mass is 35.5. The van der Waals surface area contributed by atoms with E-state index in [2.05, 4.69) is 0 Å². The van der Waals surface area contributed by atoms with Gasteiger partial charge in [0.05, 0.1) is 16.5 Å². The Morgan fingerprint density at radius 3 is 2.33 bits per heavy atom. The molecular formula is C17H20ClNO4S. The first-order valence-electron chi connectivity index (χ1n) is 7.09. The molecule has 0 spiro atoms. The maximum atomic E-state index is 12.1. The SMILES string of the molecule is C[C@H](C(=O)OCc1cccc(S(C)(=O)=O)c1N)c1ccccc1.Cl. The van der Waals surface area contributed by atoms with E-state index in [4.69, 9.17) is 10.5 Å². The Labute approximate surface area is 148 Å². The van der Waals surface area contributed by atoms with Gasteiger partial charge in [0, 0.05) is 11.8 Å². The molecule has 7 heteroatoms. The Morgan fingerprint density at radius 2 is 1.75 bits per heavy atom. The summed E-state index contributed by atoms with van der Waals surface area (Å²) in [5.41, 5.74) is 7.32. The maximum Gasteiger partial charge on any atom is 0.313 e. The van der Waals surface area contributed by atoms with Crippen LogP contribution in [0.4, 0.5) is 5.69 Å². The molecule has 0 aliphatic heterocycles. The first-order valence-corrected chi connectivity index (χ1v) is 8.99. The number of para-hydroxylation sites is 1. The third kappa shape index (κ3) is 4.72. The van der Waals surface area contributed by atoms with Crippen molar-refractivity contribution in [2.45, 2.75) is 24.3 Å². The molecule has 0 saturated heterocycles. The van der Waals surface area contributed by atoms with Gasteiger partial charge in [0.15, 0.2) is 9.84 Å². The molecule has 2 aromatic carbocycles. The predicted octanol–water partition coefficient (Wildman–Crippen LogP) is 2.94.